The monoisotopic (exact) mass is 441 g/mol. The molecule has 2 saturated heterocycles. The lowest BCUT2D eigenvalue weighted by molar-refractivity contribution is 0.0433. The molecule has 4 rings (SSSR count). The Labute approximate surface area is 192 Å². The molecule has 2 aromatic rings. The van der Waals surface area contributed by atoms with Gasteiger partial charge in [0.15, 0.2) is 0 Å². The molecule has 0 aliphatic carbocycles. The zero-order chi connectivity index (χ0) is 21.8. The second-order valence-corrected chi connectivity index (χ2v) is 10.3. The van der Waals surface area contributed by atoms with Crippen molar-refractivity contribution in [3.63, 3.8) is 0 Å². The first kappa shape index (κ1) is 22.4. The molecule has 0 N–H and O–H groups in total. The van der Waals surface area contributed by atoms with Crippen LogP contribution in [0.25, 0.3) is 5.70 Å². The number of piperidine rings is 1. The van der Waals surface area contributed by atoms with Gasteiger partial charge < -0.3 is 14.2 Å². The first-order valence-electron chi connectivity index (χ1n) is 11.6. The fourth-order valence-corrected chi connectivity index (χ4v) is 4.98. The number of likely N-dealkylation sites (tertiary alicyclic amines) is 1. The van der Waals surface area contributed by atoms with Gasteiger partial charge in [-0.05, 0) is 41.2 Å². The predicted molar refractivity (Wildman–Crippen MR) is 129 cm³/mol. The van der Waals surface area contributed by atoms with Gasteiger partial charge in [-0.1, -0.05) is 56.6 Å². The van der Waals surface area contributed by atoms with E-state index in [4.69, 9.17) is 16.3 Å². The van der Waals surface area contributed by atoms with Crippen LogP contribution in [0.3, 0.4) is 0 Å². The minimum Gasteiger partial charge on any atom is -0.379 e. The van der Waals surface area contributed by atoms with Crippen LogP contribution in [0.4, 0.5) is 0 Å². The maximum atomic E-state index is 7.00. The Morgan fingerprint density at radius 1 is 1.06 bits per heavy atom. The molecule has 2 atom stereocenters. The quantitative estimate of drug-likeness (QED) is 0.460. The second kappa shape index (κ2) is 9.81. The molecule has 2 fully saturated rings. The molecule has 0 amide bonds. The molecule has 0 radical (unpaired) electrons. The van der Waals surface area contributed by atoms with E-state index in [-0.39, 0.29) is 10.9 Å². The molecule has 1 aromatic heterocycles. The molecule has 1 aromatic carbocycles. The zero-order valence-electron chi connectivity index (χ0n) is 19.1. The number of aromatic nitrogens is 1. The zero-order valence-corrected chi connectivity index (χ0v) is 19.9. The lowest BCUT2D eigenvalue weighted by Crippen LogP contribution is -2.40. The Morgan fingerprint density at radius 2 is 1.74 bits per heavy atom. The lowest BCUT2D eigenvalue weighted by Gasteiger charge is -2.40. The summed E-state index contributed by atoms with van der Waals surface area (Å²) < 4.78 is 7.83. The first-order valence-corrected chi connectivity index (χ1v) is 12.0. The van der Waals surface area contributed by atoms with Crippen molar-refractivity contribution in [3.8, 4) is 0 Å². The maximum absolute atomic E-state index is 7.00. The van der Waals surface area contributed by atoms with E-state index < -0.39 is 0 Å². The summed E-state index contributed by atoms with van der Waals surface area (Å²) in [5.41, 5.74) is 4.02. The molecule has 2 aliphatic heterocycles. The smallest absolute Gasteiger partial charge is 0.106 e. The Bertz CT molecular complexity index is 848. The van der Waals surface area contributed by atoms with Gasteiger partial charge in [-0.3, -0.25) is 4.90 Å². The van der Waals surface area contributed by atoms with Gasteiger partial charge in [0, 0.05) is 56.7 Å². The Morgan fingerprint density at radius 3 is 2.35 bits per heavy atom. The van der Waals surface area contributed by atoms with Crippen LogP contribution in [0.15, 0.2) is 54.9 Å². The third-order valence-electron chi connectivity index (χ3n) is 6.56. The van der Waals surface area contributed by atoms with Crippen LogP contribution < -0.4 is 0 Å². The fourth-order valence-electron chi connectivity index (χ4n) is 4.57. The molecule has 2 unspecified atom stereocenters. The standard InChI is InChI=1S/C26H36ClN3O/c1-26(2,3)22-8-6-21(7-9-22)24(11-14-28-16-18-31-19-17-28)30-15-10-23(20-25(30)27)29-12-4-5-13-29/h4-9,11-13,23,25H,10,14-20H2,1-3H3. The topological polar surface area (TPSA) is 20.6 Å². The van der Waals surface area contributed by atoms with Crippen molar-refractivity contribution in [2.45, 2.75) is 50.6 Å². The van der Waals surface area contributed by atoms with E-state index >= 15 is 0 Å². The highest BCUT2D eigenvalue weighted by molar-refractivity contribution is 6.20. The third-order valence-corrected chi connectivity index (χ3v) is 6.97. The van der Waals surface area contributed by atoms with E-state index in [9.17, 15) is 0 Å². The molecule has 3 heterocycles. The molecular formula is C26H36ClN3O. The van der Waals surface area contributed by atoms with Crippen molar-refractivity contribution in [3.05, 3.63) is 66.0 Å². The summed E-state index contributed by atoms with van der Waals surface area (Å²) in [4.78, 5) is 4.87. The van der Waals surface area contributed by atoms with Crippen LogP contribution in [-0.4, -0.2) is 59.3 Å². The summed E-state index contributed by atoms with van der Waals surface area (Å²) in [6.45, 7) is 12.3. The van der Waals surface area contributed by atoms with Crippen molar-refractivity contribution >= 4 is 17.3 Å². The highest BCUT2D eigenvalue weighted by Crippen LogP contribution is 2.35. The van der Waals surface area contributed by atoms with Gasteiger partial charge in [0.2, 0.25) is 0 Å². The summed E-state index contributed by atoms with van der Waals surface area (Å²) in [7, 11) is 0. The lowest BCUT2D eigenvalue weighted by atomic mass is 9.86. The number of rotatable bonds is 5. The van der Waals surface area contributed by atoms with Crippen LogP contribution in [-0.2, 0) is 10.2 Å². The van der Waals surface area contributed by atoms with Crippen LogP contribution in [0, 0.1) is 0 Å². The van der Waals surface area contributed by atoms with E-state index in [2.05, 4.69) is 90.0 Å². The number of halogens is 1. The van der Waals surface area contributed by atoms with Gasteiger partial charge in [0.05, 0.1) is 13.2 Å². The number of benzene rings is 1. The summed E-state index contributed by atoms with van der Waals surface area (Å²) in [6.07, 6.45) is 8.75. The van der Waals surface area contributed by atoms with Crippen molar-refractivity contribution in [2.24, 2.45) is 0 Å². The van der Waals surface area contributed by atoms with Crippen LogP contribution >= 0.6 is 11.6 Å². The van der Waals surface area contributed by atoms with Crippen LogP contribution in [0.1, 0.15) is 50.8 Å². The van der Waals surface area contributed by atoms with E-state index in [0.717, 1.165) is 52.2 Å². The number of alkyl halides is 1. The van der Waals surface area contributed by atoms with Gasteiger partial charge in [0.25, 0.3) is 0 Å². The number of morpholine rings is 1. The van der Waals surface area contributed by atoms with Crippen LogP contribution in [0.2, 0.25) is 0 Å². The predicted octanol–water partition coefficient (Wildman–Crippen LogP) is 5.36. The van der Waals surface area contributed by atoms with E-state index in [1.807, 2.05) is 0 Å². The van der Waals surface area contributed by atoms with Gasteiger partial charge in [0.1, 0.15) is 5.50 Å². The summed E-state index contributed by atoms with van der Waals surface area (Å²) in [6, 6.07) is 13.7. The number of nitrogens with zero attached hydrogens (tertiary/aromatic N) is 3. The van der Waals surface area contributed by atoms with Crippen molar-refractivity contribution in [1.29, 1.82) is 0 Å². The number of hydrogen-bond donors (Lipinski definition) is 0. The van der Waals surface area contributed by atoms with Gasteiger partial charge in [-0.15, -0.1) is 0 Å². The Kier molecular flexibility index (Phi) is 7.10. The Balaban J connectivity index is 1.56. The van der Waals surface area contributed by atoms with Crippen molar-refractivity contribution in [2.75, 3.05) is 39.4 Å². The largest absolute Gasteiger partial charge is 0.379 e. The Hall–Kier alpha value is -1.75. The van der Waals surface area contributed by atoms with Crippen molar-refractivity contribution < 1.29 is 4.74 Å². The highest BCUT2D eigenvalue weighted by Gasteiger charge is 2.29. The molecule has 0 bridgehead atoms. The van der Waals surface area contributed by atoms with Gasteiger partial charge in [-0.2, -0.15) is 0 Å². The van der Waals surface area contributed by atoms with Crippen molar-refractivity contribution in [1.82, 2.24) is 14.4 Å². The average molecular weight is 442 g/mol. The first-order chi connectivity index (χ1) is 14.9. The highest BCUT2D eigenvalue weighted by atomic mass is 35.5. The average Bonchev–Trinajstić information content (AvgIpc) is 3.30. The number of ether oxygens (including phenoxy) is 1. The SMILES string of the molecule is CC(C)(C)c1ccc(C(=CCN2CCOCC2)N2CCC(n3cccc3)CC2Cl)cc1. The minimum atomic E-state index is -0.0145. The molecule has 31 heavy (non-hydrogen) atoms. The summed E-state index contributed by atoms with van der Waals surface area (Å²) in [5.74, 6) is 0. The second-order valence-electron chi connectivity index (χ2n) is 9.77. The van der Waals surface area contributed by atoms with E-state index in [1.165, 1.54) is 16.8 Å². The normalized spacial score (nSPS) is 23.9. The van der Waals surface area contributed by atoms with E-state index in [0.29, 0.717) is 6.04 Å². The molecule has 168 valence electrons. The third kappa shape index (κ3) is 5.54. The maximum Gasteiger partial charge on any atom is 0.106 e. The van der Waals surface area contributed by atoms with Gasteiger partial charge in [-0.25, -0.2) is 0 Å². The number of hydrogen-bond acceptors (Lipinski definition) is 3. The van der Waals surface area contributed by atoms with Crippen LogP contribution in [0.5, 0.6) is 0 Å². The molecule has 2 aliphatic rings. The molecule has 0 spiro atoms. The molecule has 0 saturated carbocycles. The fraction of sp³-hybridized carbons (Fsp3) is 0.538. The van der Waals surface area contributed by atoms with Gasteiger partial charge >= 0.3 is 0 Å². The minimum absolute atomic E-state index is 0.0145. The molecule has 5 heteroatoms. The molecule has 4 nitrogen and oxygen atoms in total. The van der Waals surface area contributed by atoms with E-state index in [1.54, 1.807) is 0 Å². The summed E-state index contributed by atoms with van der Waals surface area (Å²) >= 11 is 7.00. The summed E-state index contributed by atoms with van der Waals surface area (Å²) in [5, 5.41) is 0. The molecular weight excluding hydrogens is 406 g/mol.